The molecule has 0 radical (unpaired) electrons. The molecule has 1 unspecified atom stereocenters. The van der Waals surface area contributed by atoms with Crippen LogP contribution in [0.2, 0.25) is 0 Å². The van der Waals surface area contributed by atoms with Gasteiger partial charge < -0.3 is 10.1 Å². The average molecular weight is 375 g/mol. The molecular formula is C14H19BrN2O3S. The molecule has 1 atom stereocenters. The summed E-state index contributed by atoms with van der Waals surface area (Å²) in [5, 5.41) is 2.88. The van der Waals surface area contributed by atoms with Crippen molar-refractivity contribution >= 4 is 39.0 Å². The quantitative estimate of drug-likeness (QED) is 0.799. The first-order chi connectivity index (χ1) is 9.97. The van der Waals surface area contributed by atoms with Gasteiger partial charge >= 0.3 is 0 Å². The van der Waals surface area contributed by atoms with Gasteiger partial charge in [-0.3, -0.25) is 14.5 Å². The first-order valence-corrected chi connectivity index (χ1v) is 8.49. The molecule has 0 aliphatic carbocycles. The number of thiophene rings is 1. The first-order valence-electron chi connectivity index (χ1n) is 6.88. The van der Waals surface area contributed by atoms with Crippen LogP contribution in [0.25, 0.3) is 0 Å². The van der Waals surface area contributed by atoms with E-state index in [1.165, 1.54) is 11.3 Å². The molecule has 1 N–H and O–H groups in total. The van der Waals surface area contributed by atoms with Gasteiger partial charge in [-0.05, 0) is 41.9 Å². The maximum absolute atomic E-state index is 12.3. The van der Waals surface area contributed by atoms with Crippen LogP contribution >= 0.6 is 27.3 Å². The fraction of sp³-hybridized carbons (Fsp3) is 0.571. The fourth-order valence-corrected chi connectivity index (χ4v) is 3.49. The second-order valence-corrected chi connectivity index (χ2v) is 7.71. The summed E-state index contributed by atoms with van der Waals surface area (Å²) in [4.78, 5) is 27.1. The first kappa shape index (κ1) is 16.6. The predicted molar refractivity (Wildman–Crippen MR) is 85.8 cm³/mol. The van der Waals surface area contributed by atoms with Crippen molar-refractivity contribution in [3.63, 3.8) is 0 Å². The largest absolute Gasteiger partial charge is 0.378 e. The number of ether oxygens (including phenoxy) is 1. The van der Waals surface area contributed by atoms with Crippen LogP contribution in [0.1, 0.15) is 23.5 Å². The molecule has 116 valence electrons. The van der Waals surface area contributed by atoms with Gasteiger partial charge in [0.15, 0.2) is 5.78 Å². The minimum absolute atomic E-state index is 0.0370. The summed E-state index contributed by atoms with van der Waals surface area (Å²) in [5.74, 6) is -0.0418. The Bertz CT molecular complexity index is 518. The zero-order chi connectivity index (χ0) is 15.4. The molecule has 21 heavy (non-hydrogen) atoms. The lowest BCUT2D eigenvalue weighted by Crippen LogP contribution is -2.55. The highest BCUT2D eigenvalue weighted by atomic mass is 79.9. The Kier molecular flexibility index (Phi) is 5.92. The molecule has 1 aliphatic heterocycles. The summed E-state index contributed by atoms with van der Waals surface area (Å²) in [7, 11) is 0. The maximum atomic E-state index is 12.3. The van der Waals surface area contributed by atoms with Gasteiger partial charge in [0.05, 0.1) is 28.4 Å². The SMILES string of the molecule is CC(C)NC(=O)C1COCCN1CC(=O)c1ccc(Br)s1. The molecule has 2 heterocycles. The summed E-state index contributed by atoms with van der Waals surface area (Å²) in [5.41, 5.74) is 0. The van der Waals surface area contributed by atoms with Crippen LogP contribution in [-0.4, -0.2) is 55.0 Å². The van der Waals surface area contributed by atoms with E-state index < -0.39 is 6.04 Å². The molecule has 0 spiro atoms. The van der Waals surface area contributed by atoms with Crippen molar-refractivity contribution in [2.45, 2.75) is 25.9 Å². The molecule has 1 aromatic rings. The van der Waals surface area contributed by atoms with Crippen molar-refractivity contribution in [3.05, 3.63) is 20.8 Å². The highest BCUT2D eigenvalue weighted by Gasteiger charge is 2.31. The molecule has 7 heteroatoms. The van der Waals surface area contributed by atoms with Gasteiger partial charge in [-0.2, -0.15) is 0 Å². The van der Waals surface area contributed by atoms with E-state index in [9.17, 15) is 9.59 Å². The third-order valence-corrected chi connectivity index (χ3v) is 4.83. The number of halogens is 1. The van der Waals surface area contributed by atoms with Crippen molar-refractivity contribution in [1.29, 1.82) is 0 Å². The monoisotopic (exact) mass is 374 g/mol. The molecule has 0 bridgehead atoms. The van der Waals surface area contributed by atoms with Crippen molar-refractivity contribution in [2.24, 2.45) is 0 Å². The number of carbonyl (C=O) groups excluding carboxylic acids is 2. The lowest BCUT2D eigenvalue weighted by molar-refractivity contribution is -0.132. The number of hydrogen-bond donors (Lipinski definition) is 1. The normalized spacial score (nSPS) is 19.7. The number of amides is 1. The number of rotatable bonds is 5. The minimum atomic E-state index is -0.395. The molecule has 1 aliphatic rings. The summed E-state index contributed by atoms with van der Waals surface area (Å²) in [6, 6.07) is 3.35. The van der Waals surface area contributed by atoms with E-state index in [0.717, 1.165) is 3.79 Å². The molecule has 0 saturated carbocycles. The third-order valence-electron chi connectivity index (χ3n) is 3.17. The number of carbonyl (C=O) groups is 2. The van der Waals surface area contributed by atoms with Crippen molar-refractivity contribution in [2.75, 3.05) is 26.3 Å². The second kappa shape index (κ2) is 7.49. The van der Waals surface area contributed by atoms with E-state index in [-0.39, 0.29) is 24.3 Å². The smallest absolute Gasteiger partial charge is 0.239 e. The van der Waals surface area contributed by atoms with Gasteiger partial charge in [0.1, 0.15) is 6.04 Å². The van der Waals surface area contributed by atoms with E-state index in [4.69, 9.17) is 4.74 Å². The highest BCUT2D eigenvalue weighted by Crippen LogP contribution is 2.23. The van der Waals surface area contributed by atoms with E-state index >= 15 is 0 Å². The molecular weight excluding hydrogens is 356 g/mol. The Labute approximate surface area is 136 Å². The van der Waals surface area contributed by atoms with Gasteiger partial charge in [-0.25, -0.2) is 0 Å². The van der Waals surface area contributed by atoms with Crippen LogP contribution in [0.3, 0.4) is 0 Å². The molecule has 1 amide bonds. The molecule has 2 rings (SSSR count). The number of Topliss-reactive ketones (excluding diaryl/α,β-unsaturated/α-hetero) is 1. The Balaban J connectivity index is 2.01. The zero-order valence-electron chi connectivity index (χ0n) is 12.1. The Morgan fingerprint density at radius 2 is 2.29 bits per heavy atom. The molecule has 5 nitrogen and oxygen atoms in total. The fourth-order valence-electron chi connectivity index (χ4n) is 2.18. The topological polar surface area (TPSA) is 58.6 Å². The van der Waals surface area contributed by atoms with Crippen LogP contribution in [0.4, 0.5) is 0 Å². The summed E-state index contributed by atoms with van der Waals surface area (Å²) in [6.45, 7) is 5.55. The van der Waals surface area contributed by atoms with Crippen LogP contribution in [0.5, 0.6) is 0 Å². The van der Waals surface area contributed by atoms with Gasteiger partial charge in [-0.1, -0.05) is 0 Å². The van der Waals surface area contributed by atoms with Gasteiger partial charge in [0.2, 0.25) is 5.91 Å². The van der Waals surface area contributed by atoms with Gasteiger partial charge in [-0.15, -0.1) is 11.3 Å². The molecule has 1 aromatic heterocycles. The van der Waals surface area contributed by atoms with Crippen molar-refractivity contribution in [3.8, 4) is 0 Å². The maximum Gasteiger partial charge on any atom is 0.239 e. The standard InChI is InChI=1S/C14H19BrN2O3S/c1-9(2)16-14(19)10-8-20-6-5-17(10)7-11(18)12-3-4-13(15)21-12/h3-4,9-10H,5-8H2,1-2H3,(H,16,19). The predicted octanol–water partition coefficient (Wildman–Crippen LogP) is 1.92. The summed E-state index contributed by atoms with van der Waals surface area (Å²) in [6.07, 6.45) is 0. The van der Waals surface area contributed by atoms with E-state index in [1.54, 1.807) is 6.07 Å². The summed E-state index contributed by atoms with van der Waals surface area (Å²) < 4.78 is 6.32. The van der Waals surface area contributed by atoms with E-state index in [0.29, 0.717) is 24.6 Å². The zero-order valence-corrected chi connectivity index (χ0v) is 14.5. The average Bonchev–Trinajstić information content (AvgIpc) is 2.85. The van der Waals surface area contributed by atoms with E-state index in [1.807, 2.05) is 24.8 Å². The summed E-state index contributed by atoms with van der Waals surface area (Å²) >= 11 is 4.77. The molecule has 0 aromatic carbocycles. The van der Waals surface area contributed by atoms with E-state index in [2.05, 4.69) is 21.2 Å². The molecule has 1 saturated heterocycles. The Morgan fingerprint density at radius 3 is 2.90 bits per heavy atom. The Hall–Kier alpha value is -0.760. The Morgan fingerprint density at radius 1 is 1.52 bits per heavy atom. The second-order valence-electron chi connectivity index (χ2n) is 5.25. The molecule has 1 fully saturated rings. The lowest BCUT2D eigenvalue weighted by Gasteiger charge is -2.34. The minimum Gasteiger partial charge on any atom is -0.378 e. The van der Waals surface area contributed by atoms with Crippen LogP contribution in [0, 0.1) is 0 Å². The lowest BCUT2D eigenvalue weighted by atomic mass is 10.1. The van der Waals surface area contributed by atoms with Crippen LogP contribution < -0.4 is 5.32 Å². The van der Waals surface area contributed by atoms with Crippen LogP contribution in [0.15, 0.2) is 15.9 Å². The van der Waals surface area contributed by atoms with Crippen molar-refractivity contribution in [1.82, 2.24) is 10.2 Å². The third kappa shape index (κ3) is 4.60. The number of nitrogens with one attached hydrogen (secondary N) is 1. The van der Waals surface area contributed by atoms with Gasteiger partial charge in [0.25, 0.3) is 0 Å². The van der Waals surface area contributed by atoms with Crippen LogP contribution in [-0.2, 0) is 9.53 Å². The number of nitrogens with zero attached hydrogens (tertiary/aromatic N) is 1. The van der Waals surface area contributed by atoms with Crippen molar-refractivity contribution < 1.29 is 14.3 Å². The number of morpholine rings is 1. The highest BCUT2D eigenvalue weighted by molar-refractivity contribution is 9.11. The van der Waals surface area contributed by atoms with Gasteiger partial charge in [0, 0.05) is 12.6 Å². The number of hydrogen-bond acceptors (Lipinski definition) is 5. The number of ketones is 1.